The van der Waals surface area contributed by atoms with E-state index in [0.717, 1.165) is 18.9 Å². The summed E-state index contributed by atoms with van der Waals surface area (Å²) in [6.45, 7) is 4.01. The van der Waals surface area contributed by atoms with Crippen LogP contribution in [0.5, 0.6) is 0 Å². The Labute approximate surface area is 134 Å². The molecule has 0 aromatic heterocycles. The Morgan fingerprint density at radius 1 is 1.30 bits per heavy atom. The van der Waals surface area contributed by atoms with Crippen LogP contribution in [0.1, 0.15) is 19.8 Å². The Morgan fingerprint density at radius 2 is 2.00 bits per heavy atom. The van der Waals surface area contributed by atoms with Gasteiger partial charge in [-0.1, -0.05) is 12.1 Å². The molecule has 0 N–H and O–H groups in total. The third-order valence-corrected chi connectivity index (χ3v) is 5.41. The molecule has 1 saturated heterocycles. The van der Waals surface area contributed by atoms with E-state index in [1.165, 1.54) is 12.1 Å². The minimum absolute atomic E-state index is 0.117. The van der Waals surface area contributed by atoms with Crippen LogP contribution >= 0.6 is 0 Å². The molecule has 1 aliphatic heterocycles. The van der Waals surface area contributed by atoms with Crippen molar-refractivity contribution >= 4 is 15.5 Å². The first-order valence-electron chi connectivity index (χ1n) is 7.50. The monoisotopic (exact) mass is 351 g/mol. The second-order valence-corrected chi connectivity index (χ2v) is 7.44. The van der Waals surface area contributed by atoms with Gasteiger partial charge in [-0.05, 0) is 37.8 Å². The first kappa shape index (κ1) is 18.1. The Bertz CT molecular complexity index is 631. The van der Waals surface area contributed by atoms with Gasteiger partial charge in [0, 0.05) is 19.7 Å². The van der Waals surface area contributed by atoms with Crippen molar-refractivity contribution in [1.82, 2.24) is 0 Å². The van der Waals surface area contributed by atoms with E-state index in [1.54, 1.807) is 11.0 Å². The first-order valence-corrected chi connectivity index (χ1v) is 8.98. The lowest BCUT2D eigenvalue weighted by Crippen LogP contribution is -2.38. The number of hydrogen-bond acceptors (Lipinski definition) is 4. The maximum absolute atomic E-state index is 12.9. The topological polar surface area (TPSA) is 46.6 Å². The molecule has 0 bridgehead atoms. The minimum Gasteiger partial charge on any atom is -0.381 e. The lowest BCUT2D eigenvalue weighted by molar-refractivity contribution is -0.0435. The number of benzene rings is 1. The van der Waals surface area contributed by atoms with E-state index in [4.69, 9.17) is 4.74 Å². The van der Waals surface area contributed by atoms with Crippen LogP contribution in [0, 0.1) is 5.92 Å². The Hall–Kier alpha value is -1.28. The van der Waals surface area contributed by atoms with Gasteiger partial charge in [-0.25, -0.2) is 8.42 Å². The number of sulfone groups is 1. The summed E-state index contributed by atoms with van der Waals surface area (Å²) in [5.41, 5.74) is -5.19. The molecule has 0 spiro atoms. The highest BCUT2D eigenvalue weighted by atomic mass is 32.2. The number of para-hydroxylation sites is 1. The third kappa shape index (κ3) is 3.98. The smallest absolute Gasteiger partial charge is 0.381 e. The third-order valence-electron chi connectivity index (χ3n) is 3.88. The molecular weight excluding hydrogens is 331 g/mol. The van der Waals surface area contributed by atoms with E-state index in [0.29, 0.717) is 26.3 Å². The number of piperidine rings is 1. The molecule has 23 heavy (non-hydrogen) atoms. The van der Waals surface area contributed by atoms with Crippen molar-refractivity contribution in [3.05, 3.63) is 24.3 Å². The summed E-state index contributed by atoms with van der Waals surface area (Å²) in [5.74, 6) is 0.186. The number of nitrogens with zero attached hydrogens (tertiary/aromatic N) is 1. The van der Waals surface area contributed by atoms with E-state index in [2.05, 4.69) is 0 Å². The summed E-state index contributed by atoms with van der Waals surface area (Å²) in [7, 11) is -5.36. The zero-order valence-corrected chi connectivity index (χ0v) is 13.7. The minimum atomic E-state index is -5.36. The Morgan fingerprint density at radius 3 is 2.65 bits per heavy atom. The largest absolute Gasteiger partial charge is 0.501 e. The molecule has 0 radical (unpaired) electrons. The van der Waals surface area contributed by atoms with E-state index >= 15 is 0 Å². The average molecular weight is 351 g/mol. The average Bonchev–Trinajstić information content (AvgIpc) is 2.52. The predicted molar refractivity (Wildman–Crippen MR) is 81.1 cm³/mol. The fourth-order valence-corrected chi connectivity index (χ4v) is 3.75. The van der Waals surface area contributed by atoms with Crippen LogP contribution in [-0.2, 0) is 14.6 Å². The van der Waals surface area contributed by atoms with Crippen LogP contribution in [0.2, 0.25) is 0 Å². The summed E-state index contributed by atoms with van der Waals surface area (Å²) >= 11 is 0. The number of alkyl halides is 3. The van der Waals surface area contributed by atoms with Gasteiger partial charge in [0.2, 0.25) is 0 Å². The highest BCUT2D eigenvalue weighted by molar-refractivity contribution is 7.92. The van der Waals surface area contributed by atoms with E-state index < -0.39 is 20.2 Å². The number of rotatable bonds is 5. The molecule has 4 nitrogen and oxygen atoms in total. The summed E-state index contributed by atoms with van der Waals surface area (Å²) in [6.07, 6.45) is 1.71. The number of hydrogen-bond donors (Lipinski definition) is 0. The van der Waals surface area contributed by atoms with Crippen LogP contribution in [-0.4, -0.2) is 40.2 Å². The van der Waals surface area contributed by atoms with Gasteiger partial charge in [0.15, 0.2) is 0 Å². The van der Waals surface area contributed by atoms with Crippen molar-refractivity contribution in [2.45, 2.75) is 30.2 Å². The van der Waals surface area contributed by atoms with Gasteiger partial charge in [-0.2, -0.15) is 13.2 Å². The Balaban J connectivity index is 2.30. The number of anilines is 1. The van der Waals surface area contributed by atoms with Gasteiger partial charge in [-0.15, -0.1) is 0 Å². The van der Waals surface area contributed by atoms with Gasteiger partial charge >= 0.3 is 5.51 Å². The second-order valence-electron chi connectivity index (χ2n) is 5.53. The highest BCUT2D eigenvalue weighted by Gasteiger charge is 2.48. The summed E-state index contributed by atoms with van der Waals surface area (Å²) in [4.78, 5) is 1.04. The molecule has 1 unspecified atom stereocenters. The highest BCUT2D eigenvalue weighted by Crippen LogP contribution is 2.37. The molecular formula is C15H20F3NO3S. The zero-order valence-electron chi connectivity index (χ0n) is 12.8. The molecule has 1 aliphatic rings. The molecule has 130 valence electrons. The predicted octanol–water partition coefficient (Wildman–Crippen LogP) is 3.23. The van der Waals surface area contributed by atoms with Crippen molar-refractivity contribution in [3.63, 3.8) is 0 Å². The lowest BCUT2D eigenvalue weighted by atomic mass is 9.98. The zero-order chi connectivity index (χ0) is 17.1. The van der Waals surface area contributed by atoms with Crippen LogP contribution in [0.15, 0.2) is 29.2 Å². The van der Waals surface area contributed by atoms with Gasteiger partial charge in [-0.3, -0.25) is 0 Å². The van der Waals surface area contributed by atoms with Crippen molar-refractivity contribution in [2.24, 2.45) is 5.92 Å². The molecule has 1 aromatic carbocycles. The van der Waals surface area contributed by atoms with Gasteiger partial charge in [0.05, 0.1) is 17.2 Å². The van der Waals surface area contributed by atoms with Crippen LogP contribution in [0.3, 0.4) is 0 Å². The first-order chi connectivity index (χ1) is 10.8. The molecule has 8 heteroatoms. The quantitative estimate of drug-likeness (QED) is 0.817. The van der Waals surface area contributed by atoms with Gasteiger partial charge < -0.3 is 9.64 Å². The maximum Gasteiger partial charge on any atom is 0.501 e. The van der Waals surface area contributed by atoms with Crippen LogP contribution < -0.4 is 4.90 Å². The van der Waals surface area contributed by atoms with Gasteiger partial charge in [0.25, 0.3) is 9.84 Å². The molecule has 2 rings (SSSR count). The van der Waals surface area contributed by atoms with Crippen LogP contribution in [0.25, 0.3) is 0 Å². The molecule has 0 aliphatic carbocycles. The summed E-state index contributed by atoms with van der Waals surface area (Å²) in [5, 5.41) is 0. The molecule has 1 heterocycles. The second kappa shape index (κ2) is 7.09. The summed E-state index contributed by atoms with van der Waals surface area (Å²) < 4.78 is 67.6. The van der Waals surface area contributed by atoms with Crippen molar-refractivity contribution in [3.8, 4) is 0 Å². The molecule has 1 atom stereocenters. The standard InChI is InChI=1S/C15H20F3NO3S/c1-2-22-11-12-6-5-9-19(10-12)13-7-3-4-8-14(13)23(20,21)15(16,17)18/h3-4,7-8,12H,2,5-6,9-11H2,1H3. The SMILES string of the molecule is CCOCC1CCCN(c2ccccc2S(=O)(=O)C(F)(F)F)C1. The van der Waals surface area contributed by atoms with Crippen molar-refractivity contribution in [1.29, 1.82) is 0 Å². The normalized spacial score (nSPS) is 19.8. The molecule has 0 saturated carbocycles. The summed E-state index contributed by atoms with van der Waals surface area (Å²) in [6, 6.07) is 5.31. The Kier molecular flexibility index (Phi) is 5.57. The van der Waals surface area contributed by atoms with E-state index in [1.807, 2.05) is 6.92 Å². The van der Waals surface area contributed by atoms with Crippen molar-refractivity contribution < 1.29 is 26.3 Å². The van der Waals surface area contributed by atoms with Gasteiger partial charge in [0.1, 0.15) is 0 Å². The van der Waals surface area contributed by atoms with Crippen molar-refractivity contribution in [2.75, 3.05) is 31.2 Å². The van der Waals surface area contributed by atoms with E-state index in [9.17, 15) is 21.6 Å². The molecule has 1 fully saturated rings. The maximum atomic E-state index is 12.9. The number of halogens is 3. The van der Waals surface area contributed by atoms with Crippen LogP contribution in [0.4, 0.5) is 18.9 Å². The fraction of sp³-hybridized carbons (Fsp3) is 0.600. The molecule has 1 aromatic rings. The lowest BCUT2D eigenvalue weighted by Gasteiger charge is -2.35. The van der Waals surface area contributed by atoms with E-state index in [-0.39, 0.29) is 11.6 Å². The fourth-order valence-electron chi connectivity index (χ4n) is 2.77. The molecule has 0 amide bonds. The number of ether oxygens (including phenoxy) is 1.